The highest BCUT2D eigenvalue weighted by Gasteiger charge is 2.21. The van der Waals surface area contributed by atoms with E-state index in [0.29, 0.717) is 11.4 Å². The molecule has 1 aliphatic rings. The van der Waals surface area contributed by atoms with Crippen molar-refractivity contribution in [3.05, 3.63) is 23.9 Å². The highest BCUT2D eigenvalue weighted by molar-refractivity contribution is 5.92. The van der Waals surface area contributed by atoms with Crippen molar-refractivity contribution in [1.82, 2.24) is 4.98 Å². The number of carbonyl (C=O) groups excluding carboxylic acids is 1. The number of rotatable bonds is 3. The third-order valence-corrected chi connectivity index (χ3v) is 2.97. The lowest BCUT2D eigenvalue weighted by atomic mass is 9.94. The van der Waals surface area contributed by atoms with Crippen LogP contribution in [-0.4, -0.2) is 23.0 Å². The highest BCUT2D eigenvalue weighted by atomic mass is 16.5. The van der Waals surface area contributed by atoms with Crippen LogP contribution in [0.3, 0.4) is 0 Å². The lowest BCUT2D eigenvalue weighted by Gasteiger charge is -2.26. The van der Waals surface area contributed by atoms with Crippen molar-refractivity contribution in [2.24, 2.45) is 11.5 Å². The topological polar surface area (TPSA) is 91.2 Å². The van der Waals surface area contributed by atoms with Gasteiger partial charge in [-0.1, -0.05) is 0 Å². The first-order chi connectivity index (χ1) is 8.15. The quantitative estimate of drug-likeness (QED) is 0.811. The molecule has 2 rings (SSSR count). The van der Waals surface area contributed by atoms with Gasteiger partial charge in [0, 0.05) is 23.9 Å². The van der Waals surface area contributed by atoms with Crippen LogP contribution in [0.2, 0.25) is 0 Å². The lowest BCUT2D eigenvalue weighted by Crippen LogP contribution is -2.33. The van der Waals surface area contributed by atoms with Gasteiger partial charge in [-0.15, -0.1) is 0 Å². The monoisotopic (exact) mass is 235 g/mol. The van der Waals surface area contributed by atoms with Crippen LogP contribution in [0.15, 0.2) is 18.3 Å². The second kappa shape index (κ2) is 5.14. The van der Waals surface area contributed by atoms with Crippen LogP contribution >= 0.6 is 0 Å². The van der Waals surface area contributed by atoms with Crippen molar-refractivity contribution >= 4 is 5.91 Å². The molecule has 0 aromatic carbocycles. The number of pyridine rings is 1. The maximum Gasteiger partial charge on any atom is 0.248 e. The van der Waals surface area contributed by atoms with Crippen LogP contribution in [-0.2, 0) is 0 Å². The number of nitrogens with zero attached hydrogens (tertiary/aromatic N) is 1. The van der Waals surface area contributed by atoms with Gasteiger partial charge in [-0.25, -0.2) is 4.98 Å². The summed E-state index contributed by atoms with van der Waals surface area (Å²) in [5.74, 6) is -0.0296. The predicted molar refractivity (Wildman–Crippen MR) is 63.6 cm³/mol. The number of aromatic nitrogens is 1. The molecule has 5 heteroatoms. The van der Waals surface area contributed by atoms with E-state index < -0.39 is 5.91 Å². The van der Waals surface area contributed by atoms with Gasteiger partial charge >= 0.3 is 0 Å². The zero-order chi connectivity index (χ0) is 12.3. The molecule has 4 N–H and O–H groups in total. The van der Waals surface area contributed by atoms with Crippen molar-refractivity contribution < 1.29 is 9.53 Å². The first-order valence-corrected chi connectivity index (χ1v) is 5.83. The van der Waals surface area contributed by atoms with E-state index in [0.717, 1.165) is 25.7 Å². The maximum absolute atomic E-state index is 11.0. The number of primary amides is 1. The summed E-state index contributed by atoms with van der Waals surface area (Å²) in [5, 5.41) is 0. The Morgan fingerprint density at radius 1 is 1.47 bits per heavy atom. The minimum absolute atomic E-state index is 0.0920. The molecule has 1 aliphatic carbocycles. The van der Waals surface area contributed by atoms with Crippen LogP contribution in [0.1, 0.15) is 36.0 Å². The molecule has 0 spiro atoms. The Morgan fingerprint density at radius 2 is 2.29 bits per heavy atom. The Morgan fingerprint density at radius 3 is 3.00 bits per heavy atom. The molecule has 2 unspecified atom stereocenters. The van der Waals surface area contributed by atoms with E-state index in [1.54, 1.807) is 12.1 Å². The molecule has 17 heavy (non-hydrogen) atoms. The molecule has 0 bridgehead atoms. The zero-order valence-corrected chi connectivity index (χ0v) is 9.63. The number of hydrogen-bond acceptors (Lipinski definition) is 4. The summed E-state index contributed by atoms with van der Waals surface area (Å²) < 4.78 is 5.72. The minimum atomic E-state index is -0.474. The fourth-order valence-corrected chi connectivity index (χ4v) is 2.09. The normalized spacial score (nSPS) is 24.3. The molecule has 1 heterocycles. The number of ether oxygens (including phenoxy) is 1. The lowest BCUT2D eigenvalue weighted by molar-refractivity contribution is 0.0997. The molecule has 1 fully saturated rings. The third-order valence-electron chi connectivity index (χ3n) is 2.97. The van der Waals surface area contributed by atoms with Gasteiger partial charge in [-0.05, 0) is 31.7 Å². The molecule has 0 radical (unpaired) electrons. The molecule has 0 aliphatic heterocycles. The summed E-state index contributed by atoms with van der Waals surface area (Å²) >= 11 is 0. The Balaban J connectivity index is 2.02. The van der Waals surface area contributed by atoms with E-state index in [4.69, 9.17) is 16.2 Å². The van der Waals surface area contributed by atoms with Gasteiger partial charge in [0.25, 0.3) is 0 Å². The van der Waals surface area contributed by atoms with Gasteiger partial charge in [0.2, 0.25) is 11.8 Å². The van der Waals surface area contributed by atoms with Gasteiger partial charge < -0.3 is 16.2 Å². The third kappa shape index (κ3) is 3.17. The molecule has 1 amide bonds. The second-order valence-electron chi connectivity index (χ2n) is 4.41. The van der Waals surface area contributed by atoms with Crippen molar-refractivity contribution in [3.8, 4) is 5.88 Å². The van der Waals surface area contributed by atoms with E-state index >= 15 is 0 Å². The fourth-order valence-electron chi connectivity index (χ4n) is 2.09. The van der Waals surface area contributed by atoms with E-state index in [2.05, 4.69) is 4.98 Å². The van der Waals surface area contributed by atoms with Crippen molar-refractivity contribution in [2.45, 2.75) is 37.8 Å². The predicted octanol–water partition coefficient (Wildman–Crippen LogP) is 0.829. The molecule has 92 valence electrons. The largest absolute Gasteiger partial charge is 0.474 e. The van der Waals surface area contributed by atoms with Crippen LogP contribution in [0, 0.1) is 0 Å². The van der Waals surface area contributed by atoms with Crippen LogP contribution < -0.4 is 16.2 Å². The Labute approximate surface area is 100 Å². The van der Waals surface area contributed by atoms with E-state index in [9.17, 15) is 4.79 Å². The Bertz CT molecular complexity index is 408. The molecular formula is C12H17N3O2. The summed E-state index contributed by atoms with van der Waals surface area (Å²) in [7, 11) is 0. The first kappa shape index (κ1) is 11.9. The average molecular weight is 235 g/mol. The summed E-state index contributed by atoms with van der Waals surface area (Å²) in [4.78, 5) is 15.1. The number of carbonyl (C=O) groups is 1. The summed E-state index contributed by atoms with van der Waals surface area (Å²) in [5.41, 5.74) is 11.5. The number of hydrogen-bond donors (Lipinski definition) is 2. The maximum atomic E-state index is 11.0. The summed E-state index contributed by atoms with van der Waals surface area (Å²) in [6, 6.07) is 3.35. The van der Waals surface area contributed by atoms with Gasteiger partial charge in [0.05, 0.1) is 0 Å². The van der Waals surface area contributed by atoms with Crippen LogP contribution in [0.4, 0.5) is 0 Å². The fraction of sp³-hybridized carbons (Fsp3) is 0.500. The molecule has 1 saturated carbocycles. The second-order valence-corrected chi connectivity index (χ2v) is 4.41. The summed E-state index contributed by atoms with van der Waals surface area (Å²) in [6.45, 7) is 0. The van der Waals surface area contributed by atoms with Crippen molar-refractivity contribution in [2.75, 3.05) is 0 Å². The van der Waals surface area contributed by atoms with E-state index in [1.807, 2.05) is 0 Å². The minimum Gasteiger partial charge on any atom is -0.474 e. The first-order valence-electron chi connectivity index (χ1n) is 5.83. The molecular weight excluding hydrogens is 218 g/mol. The molecule has 2 atom stereocenters. The van der Waals surface area contributed by atoms with E-state index in [1.165, 1.54) is 6.20 Å². The number of amides is 1. The van der Waals surface area contributed by atoms with Gasteiger partial charge in [-0.3, -0.25) is 4.79 Å². The molecule has 1 aromatic rings. The van der Waals surface area contributed by atoms with Crippen LogP contribution in [0.25, 0.3) is 0 Å². The highest BCUT2D eigenvalue weighted by Crippen LogP contribution is 2.22. The number of nitrogens with two attached hydrogens (primary N) is 2. The smallest absolute Gasteiger partial charge is 0.248 e. The Hall–Kier alpha value is -1.62. The van der Waals surface area contributed by atoms with Crippen LogP contribution in [0.5, 0.6) is 5.88 Å². The van der Waals surface area contributed by atoms with E-state index in [-0.39, 0.29) is 12.1 Å². The van der Waals surface area contributed by atoms with Crippen molar-refractivity contribution in [3.63, 3.8) is 0 Å². The molecule has 0 saturated heterocycles. The van der Waals surface area contributed by atoms with Gasteiger partial charge in [-0.2, -0.15) is 0 Å². The SMILES string of the molecule is NC(=O)c1ccnc(OC2CCCC(N)C2)c1. The average Bonchev–Trinajstić information content (AvgIpc) is 2.29. The van der Waals surface area contributed by atoms with Gasteiger partial charge in [0.1, 0.15) is 6.10 Å². The van der Waals surface area contributed by atoms with Gasteiger partial charge in [0.15, 0.2) is 0 Å². The van der Waals surface area contributed by atoms with Crippen molar-refractivity contribution in [1.29, 1.82) is 0 Å². The molecule has 5 nitrogen and oxygen atoms in total. The standard InChI is InChI=1S/C12H17N3O2/c13-9-2-1-3-10(7-9)17-11-6-8(12(14)16)4-5-15-11/h4-6,9-10H,1-3,7,13H2,(H2,14,16). The molecule has 1 aromatic heterocycles. The summed E-state index contributed by atoms with van der Waals surface area (Å²) in [6.07, 6.45) is 5.56. The zero-order valence-electron chi connectivity index (χ0n) is 9.63. The Kier molecular flexibility index (Phi) is 3.58.